The van der Waals surface area contributed by atoms with E-state index in [2.05, 4.69) is 14.5 Å². The maximum atomic E-state index is 12.6. The van der Waals surface area contributed by atoms with E-state index in [1.807, 2.05) is 0 Å². The second kappa shape index (κ2) is 5.11. The summed E-state index contributed by atoms with van der Waals surface area (Å²) in [6, 6.07) is 0.357. The molecule has 0 spiro atoms. The molecule has 0 aliphatic heterocycles. The topological polar surface area (TPSA) is 57.4 Å². The number of hydrogen-bond donors (Lipinski definition) is 1. The van der Waals surface area contributed by atoms with Gasteiger partial charge < -0.3 is 15.2 Å². The molecule has 2 N–H and O–H groups in total. The third-order valence-electron chi connectivity index (χ3n) is 1.96. The molecule has 0 aromatic carbocycles. The molecule has 1 aromatic heterocycles. The van der Waals surface area contributed by atoms with Gasteiger partial charge in [0.25, 0.3) is 5.88 Å². The Bertz CT molecular complexity index is 457. The highest BCUT2D eigenvalue weighted by Crippen LogP contribution is 2.38. The fraction of sp³-hybridized carbons (Fsp3) is 0.444. The molecule has 0 saturated heterocycles. The van der Waals surface area contributed by atoms with Crippen molar-refractivity contribution in [2.24, 2.45) is 5.73 Å². The van der Waals surface area contributed by atoms with Crippen molar-refractivity contribution in [1.29, 1.82) is 0 Å². The van der Waals surface area contributed by atoms with Gasteiger partial charge in [0.05, 0.1) is 18.4 Å². The first-order valence-electron chi connectivity index (χ1n) is 4.69. The molecule has 0 bridgehead atoms. The summed E-state index contributed by atoms with van der Waals surface area (Å²) in [5.74, 6) is -1.91. The molecule has 0 aliphatic rings. The minimum absolute atomic E-state index is 0.357. The molecule has 0 unspecified atom stereocenters. The number of alkyl halides is 6. The number of hydrogen-bond acceptors (Lipinski definition) is 4. The number of aromatic nitrogens is 1. The first-order valence-corrected chi connectivity index (χ1v) is 4.69. The Balaban J connectivity index is 3.36. The molecule has 0 saturated carbocycles. The molecular formula is C9H8F6N2O2. The van der Waals surface area contributed by atoms with Gasteiger partial charge in [-0.15, -0.1) is 13.2 Å². The van der Waals surface area contributed by atoms with Crippen LogP contribution in [0.15, 0.2) is 6.07 Å². The Labute approximate surface area is 103 Å². The number of ether oxygens (including phenoxy) is 2. The summed E-state index contributed by atoms with van der Waals surface area (Å²) >= 11 is 0. The first-order chi connectivity index (χ1) is 8.58. The molecule has 19 heavy (non-hydrogen) atoms. The molecule has 0 atom stereocenters. The fourth-order valence-electron chi connectivity index (χ4n) is 1.24. The number of rotatable bonds is 3. The van der Waals surface area contributed by atoms with Gasteiger partial charge in [0.15, 0.2) is 5.75 Å². The Kier molecular flexibility index (Phi) is 4.13. The summed E-state index contributed by atoms with van der Waals surface area (Å²) in [4.78, 5) is 3.10. The molecule has 108 valence electrons. The SMILES string of the molecule is COc1cc(C(F)(F)F)c(CN)nc1OC(F)(F)F. The average Bonchev–Trinajstić information content (AvgIpc) is 2.24. The number of nitrogens with two attached hydrogens (primary N) is 1. The van der Waals surface area contributed by atoms with Gasteiger partial charge >= 0.3 is 12.5 Å². The minimum Gasteiger partial charge on any atom is -0.491 e. The summed E-state index contributed by atoms with van der Waals surface area (Å²) in [6.07, 6.45) is -9.92. The van der Waals surface area contributed by atoms with Crippen LogP contribution in [0.1, 0.15) is 11.3 Å². The highest BCUT2D eigenvalue weighted by Gasteiger charge is 2.38. The van der Waals surface area contributed by atoms with Crippen molar-refractivity contribution in [3.05, 3.63) is 17.3 Å². The molecule has 1 rings (SSSR count). The van der Waals surface area contributed by atoms with E-state index in [1.165, 1.54) is 0 Å². The van der Waals surface area contributed by atoms with Gasteiger partial charge in [-0.05, 0) is 6.07 Å². The van der Waals surface area contributed by atoms with Crippen LogP contribution in [-0.2, 0) is 12.7 Å². The van der Waals surface area contributed by atoms with Crippen LogP contribution in [0.3, 0.4) is 0 Å². The van der Waals surface area contributed by atoms with Crippen molar-refractivity contribution in [3.63, 3.8) is 0 Å². The standard InChI is InChI=1S/C9H8F6N2O2/c1-18-6-2-4(8(10,11)12)5(3-16)17-7(6)19-9(13,14)15/h2H,3,16H2,1H3. The fourth-order valence-corrected chi connectivity index (χ4v) is 1.24. The van der Waals surface area contributed by atoms with E-state index >= 15 is 0 Å². The second-order valence-corrected chi connectivity index (χ2v) is 3.24. The van der Waals surface area contributed by atoms with Crippen LogP contribution in [0.25, 0.3) is 0 Å². The van der Waals surface area contributed by atoms with Gasteiger partial charge in [-0.1, -0.05) is 0 Å². The highest BCUT2D eigenvalue weighted by molar-refractivity contribution is 5.41. The lowest BCUT2D eigenvalue weighted by Gasteiger charge is -2.16. The zero-order chi connectivity index (χ0) is 14.8. The van der Waals surface area contributed by atoms with E-state index in [9.17, 15) is 26.3 Å². The van der Waals surface area contributed by atoms with Crippen LogP contribution < -0.4 is 15.2 Å². The molecule has 0 aliphatic carbocycles. The van der Waals surface area contributed by atoms with Gasteiger partial charge in [0, 0.05) is 6.54 Å². The quantitative estimate of drug-likeness (QED) is 0.869. The Hall–Kier alpha value is -1.71. The molecule has 4 nitrogen and oxygen atoms in total. The summed E-state index contributed by atoms with van der Waals surface area (Å²) in [6.45, 7) is -0.701. The largest absolute Gasteiger partial charge is 0.574 e. The Morgan fingerprint density at radius 3 is 2.16 bits per heavy atom. The van der Waals surface area contributed by atoms with Gasteiger partial charge in [-0.3, -0.25) is 0 Å². The average molecular weight is 290 g/mol. The third-order valence-corrected chi connectivity index (χ3v) is 1.96. The summed E-state index contributed by atoms with van der Waals surface area (Å²) in [5.41, 5.74) is 2.98. The van der Waals surface area contributed by atoms with Crippen LogP contribution >= 0.6 is 0 Å². The summed E-state index contributed by atoms with van der Waals surface area (Å²) < 4.78 is 81.9. The van der Waals surface area contributed by atoms with Crippen LogP contribution in [0.5, 0.6) is 11.6 Å². The maximum Gasteiger partial charge on any atom is 0.574 e. The zero-order valence-electron chi connectivity index (χ0n) is 9.39. The molecule has 0 radical (unpaired) electrons. The number of pyridine rings is 1. The Morgan fingerprint density at radius 1 is 1.21 bits per heavy atom. The lowest BCUT2D eigenvalue weighted by molar-refractivity contribution is -0.276. The lowest BCUT2D eigenvalue weighted by Crippen LogP contribution is -2.21. The van der Waals surface area contributed by atoms with Crippen molar-refractivity contribution >= 4 is 0 Å². The van der Waals surface area contributed by atoms with E-state index in [0.29, 0.717) is 6.07 Å². The molecule has 10 heteroatoms. The number of nitrogens with zero attached hydrogens (tertiary/aromatic N) is 1. The van der Waals surface area contributed by atoms with E-state index in [-0.39, 0.29) is 0 Å². The van der Waals surface area contributed by atoms with Gasteiger partial charge in [-0.2, -0.15) is 13.2 Å². The lowest BCUT2D eigenvalue weighted by atomic mass is 10.1. The normalized spacial score (nSPS) is 12.4. The van der Waals surface area contributed by atoms with Crippen molar-refractivity contribution in [1.82, 2.24) is 4.98 Å². The highest BCUT2D eigenvalue weighted by atomic mass is 19.4. The number of halogens is 6. The zero-order valence-corrected chi connectivity index (χ0v) is 9.39. The minimum atomic E-state index is -5.11. The van der Waals surface area contributed by atoms with E-state index < -0.39 is 42.0 Å². The monoisotopic (exact) mass is 290 g/mol. The van der Waals surface area contributed by atoms with Crippen LogP contribution in [0.4, 0.5) is 26.3 Å². The predicted molar refractivity (Wildman–Crippen MR) is 50.4 cm³/mol. The van der Waals surface area contributed by atoms with Crippen molar-refractivity contribution in [3.8, 4) is 11.6 Å². The molecule has 0 amide bonds. The maximum absolute atomic E-state index is 12.6. The molecule has 1 heterocycles. The van der Waals surface area contributed by atoms with Gasteiger partial charge in [0.1, 0.15) is 0 Å². The summed E-state index contributed by atoms with van der Waals surface area (Å²) in [5, 5.41) is 0. The van der Waals surface area contributed by atoms with Gasteiger partial charge in [0.2, 0.25) is 0 Å². The molecular weight excluding hydrogens is 282 g/mol. The molecule has 0 fully saturated rings. The van der Waals surface area contributed by atoms with E-state index in [0.717, 1.165) is 7.11 Å². The smallest absolute Gasteiger partial charge is 0.491 e. The van der Waals surface area contributed by atoms with E-state index in [4.69, 9.17) is 5.73 Å². The van der Waals surface area contributed by atoms with Crippen LogP contribution in [-0.4, -0.2) is 18.5 Å². The van der Waals surface area contributed by atoms with Crippen LogP contribution in [0, 0.1) is 0 Å². The molecule has 1 aromatic rings. The Morgan fingerprint density at radius 2 is 1.79 bits per heavy atom. The first kappa shape index (κ1) is 15.3. The van der Waals surface area contributed by atoms with Crippen molar-refractivity contribution in [2.75, 3.05) is 7.11 Å². The van der Waals surface area contributed by atoms with Gasteiger partial charge in [-0.25, -0.2) is 4.98 Å². The van der Waals surface area contributed by atoms with Crippen LogP contribution in [0.2, 0.25) is 0 Å². The number of methoxy groups -OCH3 is 1. The summed E-state index contributed by atoms with van der Waals surface area (Å²) in [7, 11) is 0.891. The van der Waals surface area contributed by atoms with E-state index in [1.54, 1.807) is 0 Å². The predicted octanol–water partition coefficient (Wildman–Crippen LogP) is 2.47. The third kappa shape index (κ3) is 3.88. The van der Waals surface area contributed by atoms with Crippen molar-refractivity contribution < 1.29 is 35.8 Å². The second-order valence-electron chi connectivity index (χ2n) is 3.24. The van der Waals surface area contributed by atoms with Crippen molar-refractivity contribution in [2.45, 2.75) is 19.1 Å².